The molecule has 0 bridgehead atoms. The summed E-state index contributed by atoms with van der Waals surface area (Å²) in [5, 5.41) is 4.54. The van der Waals surface area contributed by atoms with E-state index in [4.69, 9.17) is 9.57 Å². The molecule has 1 heterocycles. The average molecular weight is 431 g/mol. The van der Waals surface area contributed by atoms with Crippen molar-refractivity contribution in [3.8, 4) is 16.9 Å². The second-order valence-electron chi connectivity index (χ2n) is 6.33. The quantitative estimate of drug-likeness (QED) is 0.455. The molecular weight excluding hydrogens is 408 g/mol. The first-order chi connectivity index (χ1) is 13.1. The summed E-state index contributed by atoms with van der Waals surface area (Å²) >= 11 is 3.46. The molecular formula is C21H23BrN2O3. The Hall–Kier alpha value is -2.15. The van der Waals surface area contributed by atoms with Crippen molar-refractivity contribution in [1.82, 2.24) is 10.4 Å². The first-order valence-electron chi connectivity index (χ1n) is 8.83. The zero-order valence-corrected chi connectivity index (χ0v) is 16.9. The molecule has 6 heteroatoms. The van der Waals surface area contributed by atoms with Crippen molar-refractivity contribution in [2.75, 3.05) is 20.3 Å². The van der Waals surface area contributed by atoms with Crippen LogP contribution < -0.4 is 10.1 Å². The first kappa shape index (κ1) is 19.6. The minimum atomic E-state index is -0.269. The molecule has 3 aliphatic rings. The highest BCUT2D eigenvalue weighted by molar-refractivity contribution is 9.10. The van der Waals surface area contributed by atoms with Gasteiger partial charge in [-0.3, -0.25) is 9.63 Å². The minimum Gasteiger partial charge on any atom is -0.497 e. The Balaban J connectivity index is 0.000000290. The van der Waals surface area contributed by atoms with Crippen LogP contribution in [0.5, 0.6) is 5.75 Å². The van der Waals surface area contributed by atoms with E-state index >= 15 is 0 Å². The predicted octanol–water partition coefficient (Wildman–Crippen LogP) is 3.93. The second-order valence-corrected chi connectivity index (χ2v) is 7.25. The minimum absolute atomic E-state index is 0.000948. The molecule has 0 spiro atoms. The van der Waals surface area contributed by atoms with Gasteiger partial charge < -0.3 is 10.1 Å². The molecule has 4 rings (SSSR count). The van der Waals surface area contributed by atoms with E-state index in [0.29, 0.717) is 19.7 Å². The lowest BCUT2D eigenvalue weighted by atomic mass is 9.95. The van der Waals surface area contributed by atoms with E-state index in [2.05, 4.69) is 52.1 Å². The molecule has 1 fully saturated rings. The Morgan fingerprint density at radius 3 is 2.44 bits per heavy atom. The van der Waals surface area contributed by atoms with Gasteiger partial charge in [0, 0.05) is 11.0 Å². The largest absolute Gasteiger partial charge is 0.497 e. The number of halogens is 1. The lowest BCUT2D eigenvalue weighted by Crippen LogP contribution is -2.40. The summed E-state index contributed by atoms with van der Waals surface area (Å²) in [6.07, 6.45) is 2.41. The van der Waals surface area contributed by atoms with Gasteiger partial charge in [0.25, 0.3) is 0 Å². The van der Waals surface area contributed by atoms with Gasteiger partial charge in [0.1, 0.15) is 11.8 Å². The van der Waals surface area contributed by atoms with Crippen LogP contribution in [0.25, 0.3) is 11.1 Å². The fraction of sp³-hybridized carbons (Fsp3) is 0.286. The third kappa shape index (κ3) is 4.97. The van der Waals surface area contributed by atoms with E-state index in [1.54, 1.807) is 18.2 Å². The second kappa shape index (κ2) is 9.17. The van der Waals surface area contributed by atoms with E-state index in [1.807, 2.05) is 18.2 Å². The van der Waals surface area contributed by atoms with Crippen molar-refractivity contribution in [3.63, 3.8) is 0 Å². The van der Waals surface area contributed by atoms with Crippen molar-refractivity contribution in [1.29, 1.82) is 0 Å². The van der Waals surface area contributed by atoms with Gasteiger partial charge in [-0.2, -0.15) is 5.06 Å². The Morgan fingerprint density at radius 2 is 1.96 bits per heavy atom. The number of methoxy groups -OCH3 is 1. The number of hydroxylamine groups is 2. The molecule has 0 aromatic heterocycles. The first-order valence-corrected chi connectivity index (χ1v) is 9.62. The molecule has 1 aliphatic heterocycles. The zero-order valence-electron chi connectivity index (χ0n) is 15.3. The van der Waals surface area contributed by atoms with E-state index in [0.717, 1.165) is 22.2 Å². The van der Waals surface area contributed by atoms with Crippen molar-refractivity contribution >= 4 is 21.8 Å². The molecule has 1 atom stereocenters. The van der Waals surface area contributed by atoms with Gasteiger partial charge >= 0.3 is 0 Å². The van der Waals surface area contributed by atoms with Crippen molar-refractivity contribution in [2.24, 2.45) is 0 Å². The number of hydrogen-bond donors (Lipinski definition) is 1. The van der Waals surface area contributed by atoms with E-state index in [-0.39, 0.29) is 11.9 Å². The van der Waals surface area contributed by atoms with Crippen LogP contribution in [0.15, 0.2) is 59.6 Å². The fourth-order valence-electron chi connectivity index (χ4n) is 2.92. The highest BCUT2D eigenvalue weighted by atomic mass is 79.9. The Labute approximate surface area is 168 Å². The fourth-order valence-corrected chi connectivity index (χ4v) is 3.44. The molecule has 142 valence electrons. The highest BCUT2D eigenvalue weighted by Gasteiger charge is 2.31. The lowest BCUT2D eigenvalue weighted by molar-refractivity contribution is -0.186. The van der Waals surface area contributed by atoms with Crippen molar-refractivity contribution in [2.45, 2.75) is 19.0 Å². The number of fused-ring (bicyclic) bond motifs is 1. The third-order valence-corrected chi connectivity index (χ3v) is 4.91. The van der Waals surface area contributed by atoms with Gasteiger partial charge in [0.2, 0.25) is 5.91 Å². The van der Waals surface area contributed by atoms with Crippen molar-refractivity contribution in [3.05, 3.63) is 65.2 Å². The molecule has 1 N–H and O–H groups in total. The molecule has 5 nitrogen and oxygen atoms in total. The molecule has 27 heavy (non-hydrogen) atoms. The Kier molecular flexibility index (Phi) is 6.66. The summed E-state index contributed by atoms with van der Waals surface area (Å²) in [5.41, 5.74) is 3.86. The number of hydrogen-bond acceptors (Lipinski definition) is 4. The molecule has 0 radical (unpaired) electrons. The van der Waals surface area contributed by atoms with E-state index < -0.39 is 0 Å². The normalized spacial score (nSPS) is 16.4. The topological polar surface area (TPSA) is 50.8 Å². The molecule has 0 saturated carbocycles. The summed E-state index contributed by atoms with van der Waals surface area (Å²) < 4.78 is 6.19. The smallest absolute Gasteiger partial charge is 0.239 e. The third-order valence-electron chi connectivity index (χ3n) is 4.45. The molecule has 1 amide bonds. The summed E-state index contributed by atoms with van der Waals surface area (Å²) in [6, 6.07) is 14.0. The SMILES string of the molecule is C=CCON(Cc1cc(Br)cc(OC)c1)C1CCNC1=O.c1cc2ccc1-2. The summed E-state index contributed by atoms with van der Waals surface area (Å²) in [5.74, 6) is 0.764. The monoisotopic (exact) mass is 430 g/mol. The molecule has 1 aromatic carbocycles. The lowest BCUT2D eigenvalue weighted by Gasteiger charge is -2.25. The maximum absolute atomic E-state index is 11.9. The van der Waals surface area contributed by atoms with Gasteiger partial charge in [-0.1, -0.05) is 46.3 Å². The standard InChI is InChI=1S/C15H19BrN2O3.C6H4/c1-3-6-21-18(14-4-5-17-15(14)19)10-11-7-12(16)9-13(8-11)20-2;1-2-6-4-3-5(1)6/h3,7-9,14H,1,4-6,10H2,2H3,(H,17,19);1-4H. The molecule has 2 aliphatic carbocycles. The number of ether oxygens (including phenoxy) is 1. The van der Waals surface area contributed by atoms with Gasteiger partial charge in [-0.15, -0.1) is 6.58 Å². The zero-order chi connectivity index (χ0) is 19.2. The number of rotatable bonds is 7. The number of carbonyl (C=O) groups is 1. The maximum atomic E-state index is 11.9. The van der Waals surface area contributed by atoms with Crippen LogP contribution in [0, 0.1) is 0 Å². The highest BCUT2D eigenvalue weighted by Crippen LogP contribution is 2.29. The number of benzene rings is 2. The predicted molar refractivity (Wildman–Crippen MR) is 109 cm³/mol. The van der Waals surface area contributed by atoms with Crippen LogP contribution in [0.4, 0.5) is 0 Å². The molecule has 1 saturated heterocycles. The van der Waals surface area contributed by atoms with Crippen LogP contribution in [-0.2, 0) is 16.2 Å². The van der Waals surface area contributed by atoms with Gasteiger partial charge in [-0.25, -0.2) is 0 Å². The number of amides is 1. The van der Waals surface area contributed by atoms with Crippen LogP contribution in [0.3, 0.4) is 0 Å². The van der Waals surface area contributed by atoms with Gasteiger partial charge in [-0.05, 0) is 41.3 Å². The maximum Gasteiger partial charge on any atom is 0.239 e. The van der Waals surface area contributed by atoms with Crippen LogP contribution in [-0.4, -0.2) is 37.3 Å². The Morgan fingerprint density at radius 1 is 1.26 bits per heavy atom. The van der Waals surface area contributed by atoms with E-state index in [1.165, 1.54) is 11.1 Å². The van der Waals surface area contributed by atoms with Crippen molar-refractivity contribution < 1.29 is 14.4 Å². The summed E-state index contributed by atoms with van der Waals surface area (Å²) in [7, 11) is 1.63. The number of nitrogens with one attached hydrogen (secondary N) is 1. The molecule has 1 aromatic rings. The number of carbonyl (C=O) groups excluding carboxylic acids is 1. The van der Waals surface area contributed by atoms with Gasteiger partial charge in [0.05, 0.1) is 20.3 Å². The molecule has 1 unspecified atom stereocenters. The average Bonchev–Trinajstić information content (AvgIpc) is 3.07. The Bertz CT molecular complexity index is 787. The van der Waals surface area contributed by atoms with Crippen LogP contribution in [0.1, 0.15) is 12.0 Å². The summed E-state index contributed by atoms with van der Waals surface area (Å²) in [4.78, 5) is 17.5. The van der Waals surface area contributed by atoms with Crippen LogP contribution in [0.2, 0.25) is 0 Å². The van der Waals surface area contributed by atoms with Crippen LogP contribution >= 0.6 is 15.9 Å². The van der Waals surface area contributed by atoms with E-state index in [9.17, 15) is 4.79 Å². The number of nitrogens with zero attached hydrogens (tertiary/aromatic N) is 1. The van der Waals surface area contributed by atoms with Gasteiger partial charge in [0.15, 0.2) is 0 Å². The summed E-state index contributed by atoms with van der Waals surface area (Å²) in [6.45, 7) is 5.20.